The molecular formula is C12H19NO3. The van der Waals surface area contributed by atoms with Crippen LogP contribution in [0.15, 0.2) is 24.3 Å². The van der Waals surface area contributed by atoms with E-state index in [1.54, 1.807) is 7.11 Å². The number of hydrogen-bond donors (Lipinski definition) is 3. The first-order valence-electron chi connectivity index (χ1n) is 5.32. The zero-order chi connectivity index (χ0) is 11.8. The van der Waals surface area contributed by atoms with Crippen molar-refractivity contribution in [2.45, 2.75) is 19.3 Å². The Balaban J connectivity index is 2.38. The Morgan fingerprint density at radius 1 is 1.38 bits per heavy atom. The summed E-state index contributed by atoms with van der Waals surface area (Å²) in [7, 11) is 1.67. The lowest BCUT2D eigenvalue weighted by atomic mass is 10.1. The molecule has 1 unspecified atom stereocenters. The second-order valence-corrected chi connectivity index (χ2v) is 3.72. The summed E-state index contributed by atoms with van der Waals surface area (Å²) in [6.07, 6.45) is -0.692. The predicted octanol–water partition coefficient (Wildman–Crippen LogP) is 0.276. The molecule has 0 heterocycles. The van der Waals surface area contributed by atoms with E-state index in [4.69, 9.17) is 14.9 Å². The molecule has 4 nitrogen and oxygen atoms in total. The van der Waals surface area contributed by atoms with Crippen LogP contribution in [0.4, 0.5) is 0 Å². The van der Waals surface area contributed by atoms with E-state index >= 15 is 0 Å². The van der Waals surface area contributed by atoms with E-state index < -0.39 is 6.10 Å². The summed E-state index contributed by atoms with van der Waals surface area (Å²) in [6, 6.07) is 8.06. The molecule has 0 spiro atoms. The number of hydrogen-bond acceptors (Lipinski definition) is 4. The molecule has 0 saturated carbocycles. The molecule has 4 heteroatoms. The fraction of sp³-hybridized carbons (Fsp3) is 0.500. The van der Waals surface area contributed by atoms with Gasteiger partial charge in [0.05, 0.1) is 19.3 Å². The van der Waals surface area contributed by atoms with Crippen LogP contribution >= 0.6 is 0 Å². The molecule has 16 heavy (non-hydrogen) atoms. The summed E-state index contributed by atoms with van der Waals surface area (Å²) in [6.45, 7) is 1.46. The van der Waals surface area contributed by atoms with Gasteiger partial charge in [0.25, 0.3) is 0 Å². The Morgan fingerprint density at radius 3 is 2.81 bits per heavy atom. The van der Waals surface area contributed by atoms with Gasteiger partial charge in [0.2, 0.25) is 0 Å². The van der Waals surface area contributed by atoms with Crippen molar-refractivity contribution in [1.29, 1.82) is 0 Å². The van der Waals surface area contributed by atoms with Gasteiger partial charge in [-0.15, -0.1) is 0 Å². The van der Waals surface area contributed by atoms with Crippen LogP contribution in [0.3, 0.4) is 0 Å². The van der Waals surface area contributed by atoms with Crippen molar-refractivity contribution in [2.24, 2.45) is 0 Å². The van der Waals surface area contributed by atoms with E-state index in [-0.39, 0.29) is 6.61 Å². The molecule has 90 valence electrons. The van der Waals surface area contributed by atoms with Gasteiger partial charge in [0.1, 0.15) is 0 Å². The summed E-state index contributed by atoms with van der Waals surface area (Å²) < 4.78 is 5.05. The SMILES string of the molecule is COCc1cccc(CNCC(O)CO)c1. The molecule has 0 radical (unpaired) electrons. The maximum atomic E-state index is 9.14. The monoisotopic (exact) mass is 225 g/mol. The van der Waals surface area contributed by atoms with Gasteiger partial charge in [0, 0.05) is 20.2 Å². The van der Waals surface area contributed by atoms with Gasteiger partial charge >= 0.3 is 0 Å². The lowest BCUT2D eigenvalue weighted by molar-refractivity contribution is 0.0942. The van der Waals surface area contributed by atoms with E-state index in [9.17, 15) is 0 Å². The highest BCUT2D eigenvalue weighted by Crippen LogP contribution is 2.06. The van der Waals surface area contributed by atoms with Crippen molar-refractivity contribution in [1.82, 2.24) is 5.32 Å². The molecule has 0 amide bonds. The molecule has 0 bridgehead atoms. The number of rotatable bonds is 7. The third-order valence-electron chi connectivity index (χ3n) is 2.22. The topological polar surface area (TPSA) is 61.7 Å². The van der Waals surface area contributed by atoms with E-state index in [0.29, 0.717) is 19.7 Å². The summed E-state index contributed by atoms with van der Waals surface area (Å²) in [4.78, 5) is 0. The van der Waals surface area contributed by atoms with Crippen molar-refractivity contribution in [3.63, 3.8) is 0 Å². The first kappa shape index (κ1) is 13.1. The second-order valence-electron chi connectivity index (χ2n) is 3.72. The van der Waals surface area contributed by atoms with Crippen molar-refractivity contribution in [3.8, 4) is 0 Å². The summed E-state index contributed by atoms with van der Waals surface area (Å²) in [5, 5.41) is 20.9. The number of benzene rings is 1. The van der Waals surface area contributed by atoms with Gasteiger partial charge in [-0.3, -0.25) is 0 Å². The molecule has 0 aliphatic rings. The van der Waals surface area contributed by atoms with Crippen molar-refractivity contribution >= 4 is 0 Å². The summed E-state index contributed by atoms with van der Waals surface area (Å²) in [5.41, 5.74) is 2.27. The maximum absolute atomic E-state index is 9.14. The van der Waals surface area contributed by atoms with Crippen LogP contribution in [0.2, 0.25) is 0 Å². The maximum Gasteiger partial charge on any atom is 0.0895 e. The number of aliphatic hydroxyl groups is 2. The highest BCUT2D eigenvalue weighted by molar-refractivity contribution is 5.22. The van der Waals surface area contributed by atoms with E-state index in [1.807, 2.05) is 18.2 Å². The molecule has 0 fully saturated rings. The van der Waals surface area contributed by atoms with Crippen molar-refractivity contribution in [3.05, 3.63) is 35.4 Å². The third kappa shape index (κ3) is 4.72. The van der Waals surface area contributed by atoms with Gasteiger partial charge in [-0.1, -0.05) is 24.3 Å². The minimum atomic E-state index is -0.692. The lowest BCUT2D eigenvalue weighted by Gasteiger charge is -2.09. The predicted molar refractivity (Wildman–Crippen MR) is 62.0 cm³/mol. The fourth-order valence-corrected chi connectivity index (χ4v) is 1.44. The number of ether oxygens (including phenoxy) is 1. The van der Waals surface area contributed by atoms with Crippen LogP contribution < -0.4 is 5.32 Å². The van der Waals surface area contributed by atoms with Crippen LogP contribution in [0.5, 0.6) is 0 Å². The van der Waals surface area contributed by atoms with Gasteiger partial charge in [-0.2, -0.15) is 0 Å². The van der Waals surface area contributed by atoms with Gasteiger partial charge in [-0.05, 0) is 11.1 Å². The Bertz CT molecular complexity index is 304. The normalized spacial score (nSPS) is 12.7. The molecule has 1 aromatic carbocycles. The molecule has 0 aliphatic carbocycles. The van der Waals surface area contributed by atoms with Crippen LogP contribution in [-0.2, 0) is 17.9 Å². The largest absolute Gasteiger partial charge is 0.394 e. The molecule has 0 aliphatic heterocycles. The minimum absolute atomic E-state index is 0.212. The number of aliphatic hydroxyl groups excluding tert-OH is 2. The van der Waals surface area contributed by atoms with E-state index in [2.05, 4.69) is 11.4 Å². The van der Waals surface area contributed by atoms with Crippen LogP contribution in [0.1, 0.15) is 11.1 Å². The smallest absolute Gasteiger partial charge is 0.0895 e. The van der Waals surface area contributed by atoms with Crippen molar-refractivity contribution in [2.75, 3.05) is 20.3 Å². The Kier molecular flexibility index (Phi) is 6.03. The Labute approximate surface area is 95.9 Å². The molecule has 3 N–H and O–H groups in total. The van der Waals surface area contributed by atoms with Gasteiger partial charge in [-0.25, -0.2) is 0 Å². The third-order valence-corrected chi connectivity index (χ3v) is 2.22. The zero-order valence-electron chi connectivity index (χ0n) is 9.52. The second kappa shape index (κ2) is 7.35. The highest BCUT2D eigenvalue weighted by atomic mass is 16.5. The van der Waals surface area contributed by atoms with Crippen LogP contribution in [0, 0.1) is 0 Å². The zero-order valence-corrected chi connectivity index (χ0v) is 9.52. The Hall–Kier alpha value is -0.940. The lowest BCUT2D eigenvalue weighted by Crippen LogP contribution is -2.28. The van der Waals surface area contributed by atoms with Gasteiger partial charge in [0.15, 0.2) is 0 Å². The fourth-order valence-electron chi connectivity index (χ4n) is 1.44. The average molecular weight is 225 g/mol. The molecule has 1 aromatic rings. The Morgan fingerprint density at radius 2 is 2.12 bits per heavy atom. The molecule has 0 aromatic heterocycles. The first-order valence-corrected chi connectivity index (χ1v) is 5.32. The summed E-state index contributed by atoms with van der Waals surface area (Å²) in [5.74, 6) is 0. The van der Waals surface area contributed by atoms with E-state index in [0.717, 1.165) is 11.1 Å². The molecule has 0 saturated heterocycles. The quantitative estimate of drug-likeness (QED) is 0.623. The molecule has 1 atom stereocenters. The van der Waals surface area contributed by atoms with Crippen LogP contribution in [-0.4, -0.2) is 36.6 Å². The number of nitrogens with one attached hydrogen (secondary N) is 1. The van der Waals surface area contributed by atoms with Crippen molar-refractivity contribution < 1.29 is 14.9 Å². The minimum Gasteiger partial charge on any atom is -0.394 e. The van der Waals surface area contributed by atoms with E-state index in [1.165, 1.54) is 0 Å². The standard InChI is InChI=1S/C12H19NO3/c1-16-9-11-4-2-3-10(5-11)6-13-7-12(15)8-14/h2-5,12-15H,6-9H2,1H3. The summed E-state index contributed by atoms with van der Waals surface area (Å²) >= 11 is 0. The number of methoxy groups -OCH3 is 1. The first-order chi connectivity index (χ1) is 7.76. The van der Waals surface area contributed by atoms with Gasteiger partial charge < -0.3 is 20.3 Å². The molecule has 1 rings (SSSR count). The van der Waals surface area contributed by atoms with Crippen LogP contribution in [0.25, 0.3) is 0 Å². The average Bonchev–Trinajstić information content (AvgIpc) is 2.30. The highest BCUT2D eigenvalue weighted by Gasteiger charge is 2.01. The molecular weight excluding hydrogens is 206 g/mol.